The van der Waals surface area contributed by atoms with Gasteiger partial charge in [-0.2, -0.15) is 5.10 Å². The van der Waals surface area contributed by atoms with Crippen molar-refractivity contribution in [3.63, 3.8) is 0 Å². The Balaban J connectivity index is 1.87. The molecular weight excluding hydrogens is 478 g/mol. The van der Waals surface area contributed by atoms with Gasteiger partial charge in [-0.3, -0.25) is 4.98 Å². The van der Waals surface area contributed by atoms with Gasteiger partial charge in [-0.15, -0.1) is 5.92 Å². The number of aromatic nitrogens is 3. The average molecular weight is 522 g/mol. The van der Waals surface area contributed by atoms with E-state index in [1.165, 1.54) is 16.7 Å². The van der Waals surface area contributed by atoms with Crippen LogP contribution in [0.4, 0.5) is 5.82 Å². The van der Waals surface area contributed by atoms with Crippen LogP contribution < -0.4 is 5.32 Å². The molecule has 0 spiro atoms. The number of nitrogens with zero attached hydrogens (tertiary/aromatic N) is 4. The number of aliphatic imine (C=N–C) groups is 1. The quantitative estimate of drug-likeness (QED) is 0.185. The Morgan fingerprint density at radius 3 is 2.49 bits per heavy atom. The van der Waals surface area contributed by atoms with Crippen molar-refractivity contribution in [3.05, 3.63) is 90.0 Å². The standard InChI is InChI=1S/C34H43N5/c1-10-13-19-34(8,9)30-23-28(18-21-35-30)27-15-14-25(4)26(22-27)16-17-29-24-32(39(38-29)33(5,6)7)37-31(12-3)36-20-11-2/h11-12,14-15,18,20-24H,3,10,16-17H2,1-2,4-9H3,(H,36,37)/b20-11-. The fourth-order valence-electron chi connectivity index (χ4n) is 4.28. The van der Waals surface area contributed by atoms with Crippen LogP contribution in [0.15, 0.2) is 72.5 Å². The number of pyridine rings is 1. The molecule has 0 atom stereocenters. The highest BCUT2D eigenvalue weighted by molar-refractivity contribution is 6.03. The fraction of sp³-hybridized carbons (Fsp3) is 0.382. The molecule has 3 rings (SSSR count). The molecule has 39 heavy (non-hydrogen) atoms. The maximum Gasteiger partial charge on any atom is 0.130 e. The van der Waals surface area contributed by atoms with Crippen molar-refractivity contribution in [2.75, 3.05) is 5.32 Å². The minimum atomic E-state index is -0.291. The van der Waals surface area contributed by atoms with Gasteiger partial charge in [0, 0.05) is 24.9 Å². The molecule has 3 aromatic rings. The molecule has 0 aliphatic rings. The van der Waals surface area contributed by atoms with Crippen LogP contribution in [0.1, 0.15) is 77.4 Å². The minimum absolute atomic E-state index is 0.183. The second kappa shape index (κ2) is 12.8. The van der Waals surface area contributed by atoms with Crippen molar-refractivity contribution >= 4 is 11.7 Å². The summed E-state index contributed by atoms with van der Waals surface area (Å²) >= 11 is 0. The first-order valence-corrected chi connectivity index (χ1v) is 13.7. The van der Waals surface area contributed by atoms with E-state index in [4.69, 9.17) is 5.10 Å². The van der Waals surface area contributed by atoms with Crippen LogP contribution in [0.2, 0.25) is 0 Å². The molecule has 0 amide bonds. The lowest BCUT2D eigenvalue weighted by molar-refractivity contribution is 0.359. The van der Waals surface area contributed by atoms with E-state index in [2.05, 4.69) is 119 Å². The molecule has 0 aliphatic carbocycles. The van der Waals surface area contributed by atoms with Crippen molar-refractivity contribution < 1.29 is 0 Å². The molecule has 0 radical (unpaired) electrons. The average Bonchev–Trinajstić information content (AvgIpc) is 3.32. The molecule has 0 saturated heterocycles. The Morgan fingerprint density at radius 1 is 1.08 bits per heavy atom. The summed E-state index contributed by atoms with van der Waals surface area (Å²) < 4.78 is 2.03. The summed E-state index contributed by atoms with van der Waals surface area (Å²) in [5, 5.41) is 8.36. The van der Waals surface area contributed by atoms with Crippen molar-refractivity contribution in [2.24, 2.45) is 4.99 Å². The van der Waals surface area contributed by atoms with Crippen molar-refractivity contribution in [1.82, 2.24) is 14.8 Å². The molecule has 0 bridgehead atoms. The summed E-state index contributed by atoms with van der Waals surface area (Å²) in [6.07, 6.45) is 9.83. The lowest BCUT2D eigenvalue weighted by atomic mass is 9.87. The molecule has 2 heterocycles. The zero-order valence-corrected chi connectivity index (χ0v) is 24.9. The molecule has 2 aromatic heterocycles. The summed E-state index contributed by atoms with van der Waals surface area (Å²) in [7, 11) is 0. The molecule has 5 heteroatoms. The van der Waals surface area contributed by atoms with Crippen LogP contribution in [0.5, 0.6) is 0 Å². The molecule has 0 aliphatic heterocycles. The smallest absolute Gasteiger partial charge is 0.130 e. The lowest BCUT2D eigenvalue weighted by Gasteiger charge is -2.22. The largest absolute Gasteiger partial charge is 0.325 e. The third kappa shape index (κ3) is 7.80. The summed E-state index contributed by atoms with van der Waals surface area (Å²) in [6.45, 7) is 20.8. The van der Waals surface area contributed by atoms with Crippen LogP contribution in [0.3, 0.4) is 0 Å². The van der Waals surface area contributed by atoms with Gasteiger partial charge in [-0.1, -0.05) is 43.7 Å². The zero-order valence-electron chi connectivity index (χ0n) is 24.9. The number of anilines is 1. The Kier molecular flexibility index (Phi) is 9.70. The lowest BCUT2D eigenvalue weighted by Crippen LogP contribution is -2.26. The topological polar surface area (TPSA) is 55.1 Å². The molecule has 0 saturated carbocycles. The van der Waals surface area contributed by atoms with Crippen LogP contribution >= 0.6 is 0 Å². The fourth-order valence-corrected chi connectivity index (χ4v) is 4.28. The number of rotatable bonds is 8. The Bertz CT molecular complexity index is 1420. The number of hydrogen-bond acceptors (Lipinski definition) is 3. The van der Waals surface area contributed by atoms with Gasteiger partial charge in [0.25, 0.3) is 0 Å². The van der Waals surface area contributed by atoms with E-state index in [0.29, 0.717) is 5.84 Å². The normalized spacial score (nSPS) is 12.4. The second-order valence-corrected chi connectivity index (χ2v) is 11.3. The molecule has 1 aromatic carbocycles. The van der Waals surface area contributed by atoms with E-state index in [1.54, 1.807) is 12.3 Å². The number of allylic oxidation sites excluding steroid dienone is 1. The van der Waals surface area contributed by atoms with Gasteiger partial charge in [-0.05, 0) is 102 Å². The van der Waals surface area contributed by atoms with E-state index in [0.717, 1.165) is 42.0 Å². The SMILES string of the molecule is C=CC(=N/C=C\C)Nc1cc(CCc2cc(-c3ccnc(C(C)(C)C#CCC)c3)ccc2C)nn1C(C)(C)C. The summed E-state index contributed by atoms with van der Waals surface area (Å²) in [6, 6.07) is 13.1. The molecule has 0 unspecified atom stereocenters. The van der Waals surface area contributed by atoms with Crippen LogP contribution in [-0.2, 0) is 23.8 Å². The third-order valence-electron chi connectivity index (χ3n) is 6.52. The first-order valence-electron chi connectivity index (χ1n) is 13.7. The van der Waals surface area contributed by atoms with Gasteiger partial charge in [0.15, 0.2) is 0 Å². The molecular formula is C34H43N5. The highest BCUT2D eigenvalue weighted by atomic mass is 15.4. The van der Waals surface area contributed by atoms with Crippen LogP contribution in [0.25, 0.3) is 11.1 Å². The predicted molar refractivity (Wildman–Crippen MR) is 166 cm³/mol. The monoisotopic (exact) mass is 521 g/mol. The Morgan fingerprint density at radius 2 is 1.82 bits per heavy atom. The van der Waals surface area contributed by atoms with Gasteiger partial charge in [0.2, 0.25) is 0 Å². The summed E-state index contributed by atoms with van der Waals surface area (Å²) in [5.41, 5.74) is 6.50. The number of benzene rings is 1. The Hall–Kier alpha value is -3.91. The molecule has 5 nitrogen and oxygen atoms in total. The highest BCUT2D eigenvalue weighted by Gasteiger charge is 2.21. The maximum absolute atomic E-state index is 4.96. The first kappa shape index (κ1) is 29.6. The van der Waals surface area contributed by atoms with Gasteiger partial charge in [-0.25, -0.2) is 9.67 Å². The van der Waals surface area contributed by atoms with Crippen LogP contribution in [0, 0.1) is 18.8 Å². The first-order chi connectivity index (χ1) is 18.5. The number of nitrogens with one attached hydrogen (secondary N) is 1. The Labute approximate surface area is 235 Å². The number of hydrogen-bond donors (Lipinski definition) is 1. The van der Waals surface area contributed by atoms with E-state index >= 15 is 0 Å². The van der Waals surface area contributed by atoms with Crippen molar-refractivity contribution in [3.8, 4) is 23.0 Å². The van der Waals surface area contributed by atoms with E-state index < -0.39 is 0 Å². The van der Waals surface area contributed by atoms with E-state index in [1.807, 2.05) is 23.9 Å². The summed E-state index contributed by atoms with van der Waals surface area (Å²) in [4.78, 5) is 9.06. The van der Waals surface area contributed by atoms with E-state index in [9.17, 15) is 0 Å². The number of aryl methyl sites for hydroxylation is 3. The molecule has 0 fully saturated rings. The van der Waals surface area contributed by atoms with Gasteiger partial charge >= 0.3 is 0 Å². The highest BCUT2D eigenvalue weighted by Crippen LogP contribution is 2.28. The van der Waals surface area contributed by atoms with Gasteiger partial charge in [0.1, 0.15) is 11.7 Å². The summed E-state index contributed by atoms with van der Waals surface area (Å²) in [5.74, 6) is 8.17. The predicted octanol–water partition coefficient (Wildman–Crippen LogP) is 8.01. The van der Waals surface area contributed by atoms with Gasteiger partial charge in [0.05, 0.1) is 22.3 Å². The molecule has 1 N–H and O–H groups in total. The zero-order chi connectivity index (χ0) is 28.6. The van der Waals surface area contributed by atoms with Crippen molar-refractivity contribution in [2.45, 2.75) is 85.6 Å². The van der Waals surface area contributed by atoms with E-state index in [-0.39, 0.29) is 11.0 Å². The number of amidine groups is 1. The maximum atomic E-state index is 4.96. The van der Waals surface area contributed by atoms with Gasteiger partial charge < -0.3 is 5.32 Å². The van der Waals surface area contributed by atoms with Crippen LogP contribution in [-0.4, -0.2) is 20.6 Å². The van der Waals surface area contributed by atoms with Crippen molar-refractivity contribution in [1.29, 1.82) is 0 Å². The molecule has 204 valence electrons. The second-order valence-electron chi connectivity index (χ2n) is 11.3. The third-order valence-corrected chi connectivity index (χ3v) is 6.52. The minimum Gasteiger partial charge on any atom is -0.325 e.